The zero-order valence-electron chi connectivity index (χ0n) is 12.3. The Morgan fingerprint density at radius 1 is 0.864 bits per heavy atom. The van der Waals surface area contributed by atoms with E-state index in [0.717, 1.165) is 28.3 Å². The third-order valence-corrected chi connectivity index (χ3v) is 3.30. The molecule has 2 aromatic carbocycles. The Balaban J connectivity index is 2.16. The second-order valence-electron chi connectivity index (χ2n) is 4.74. The monoisotopic (exact) mass is 288 g/mol. The van der Waals surface area contributed by atoms with Crippen molar-refractivity contribution in [2.45, 2.75) is 0 Å². The molecule has 0 unspecified atom stereocenters. The molecule has 0 bridgehead atoms. The van der Waals surface area contributed by atoms with Crippen molar-refractivity contribution >= 4 is 11.4 Å². The Hall–Kier alpha value is -2.94. The first-order valence-corrected chi connectivity index (χ1v) is 7.06. The maximum Gasteiger partial charge on any atom is 0.144 e. The van der Waals surface area contributed by atoms with Crippen LogP contribution in [0, 0.1) is 0 Å². The van der Waals surface area contributed by atoms with Gasteiger partial charge < -0.3 is 4.74 Å². The molecule has 0 aliphatic carbocycles. The summed E-state index contributed by atoms with van der Waals surface area (Å²) in [6, 6.07) is 21.7. The Kier molecular flexibility index (Phi) is 4.25. The fraction of sp³-hybridized carbons (Fsp3) is 0.0526. The summed E-state index contributed by atoms with van der Waals surface area (Å²) in [4.78, 5) is 9.02. The average molecular weight is 288 g/mol. The normalized spacial score (nSPS) is 11.2. The third-order valence-electron chi connectivity index (χ3n) is 3.30. The van der Waals surface area contributed by atoms with E-state index in [1.807, 2.05) is 72.9 Å². The standard InChI is InChI=1S/C19H16N2O/c1-22-18-12-6-5-11-17(18)21-19(15-8-3-2-4-9-15)16-10-7-13-20-14-16/h2-14H,1H3. The minimum absolute atomic E-state index is 0.750. The maximum atomic E-state index is 5.40. The van der Waals surface area contributed by atoms with E-state index in [2.05, 4.69) is 4.98 Å². The minimum atomic E-state index is 0.750. The molecule has 0 spiro atoms. The minimum Gasteiger partial charge on any atom is -0.494 e. The van der Waals surface area contributed by atoms with Crippen LogP contribution in [-0.4, -0.2) is 17.8 Å². The summed E-state index contributed by atoms with van der Waals surface area (Å²) in [5.74, 6) is 0.750. The highest BCUT2D eigenvalue weighted by Gasteiger charge is 2.09. The first-order valence-electron chi connectivity index (χ1n) is 7.06. The molecule has 0 N–H and O–H groups in total. The van der Waals surface area contributed by atoms with Crippen molar-refractivity contribution in [3.63, 3.8) is 0 Å². The Bertz CT molecular complexity index is 726. The van der Waals surface area contributed by atoms with Gasteiger partial charge >= 0.3 is 0 Å². The number of aliphatic imine (C=N–C) groups is 1. The van der Waals surface area contributed by atoms with Gasteiger partial charge in [0.05, 0.1) is 12.8 Å². The highest BCUT2D eigenvalue weighted by atomic mass is 16.5. The zero-order valence-corrected chi connectivity index (χ0v) is 12.3. The Labute approximate surface area is 130 Å². The number of para-hydroxylation sites is 2. The number of methoxy groups -OCH3 is 1. The van der Waals surface area contributed by atoms with Gasteiger partial charge in [-0.05, 0) is 24.3 Å². The largest absolute Gasteiger partial charge is 0.494 e. The summed E-state index contributed by atoms with van der Waals surface area (Å²) in [5.41, 5.74) is 3.69. The molecule has 0 atom stereocenters. The van der Waals surface area contributed by atoms with Crippen LogP contribution in [0.25, 0.3) is 0 Å². The fourth-order valence-corrected chi connectivity index (χ4v) is 2.24. The zero-order chi connectivity index (χ0) is 15.2. The summed E-state index contributed by atoms with van der Waals surface area (Å²) < 4.78 is 5.40. The lowest BCUT2D eigenvalue weighted by atomic mass is 10.0. The van der Waals surface area contributed by atoms with Crippen molar-refractivity contribution in [2.24, 2.45) is 4.99 Å². The number of pyridine rings is 1. The Morgan fingerprint density at radius 3 is 2.32 bits per heavy atom. The SMILES string of the molecule is COc1ccccc1N=C(c1ccccc1)c1cccnc1. The van der Waals surface area contributed by atoms with Crippen molar-refractivity contribution in [3.05, 3.63) is 90.3 Å². The van der Waals surface area contributed by atoms with Crippen LogP contribution in [0.3, 0.4) is 0 Å². The van der Waals surface area contributed by atoms with Gasteiger partial charge in [0.2, 0.25) is 0 Å². The van der Waals surface area contributed by atoms with Crippen LogP contribution < -0.4 is 4.74 Å². The van der Waals surface area contributed by atoms with Crippen molar-refractivity contribution in [2.75, 3.05) is 7.11 Å². The van der Waals surface area contributed by atoms with Crippen molar-refractivity contribution in [3.8, 4) is 5.75 Å². The molecule has 0 amide bonds. The number of rotatable bonds is 4. The van der Waals surface area contributed by atoms with Gasteiger partial charge in [0.25, 0.3) is 0 Å². The predicted octanol–water partition coefficient (Wildman–Crippen LogP) is 4.26. The van der Waals surface area contributed by atoms with Crippen LogP contribution in [0.2, 0.25) is 0 Å². The first kappa shape index (κ1) is 14.0. The number of hydrogen-bond donors (Lipinski definition) is 0. The lowest BCUT2D eigenvalue weighted by molar-refractivity contribution is 0.416. The van der Waals surface area contributed by atoms with Crippen LogP contribution in [0.5, 0.6) is 5.75 Å². The highest BCUT2D eigenvalue weighted by molar-refractivity contribution is 6.13. The van der Waals surface area contributed by atoms with Gasteiger partial charge in [0, 0.05) is 23.5 Å². The summed E-state index contributed by atoms with van der Waals surface area (Å²) in [6.45, 7) is 0. The molecule has 0 aliphatic rings. The third kappa shape index (κ3) is 3.04. The van der Waals surface area contributed by atoms with Crippen molar-refractivity contribution in [1.29, 1.82) is 0 Å². The van der Waals surface area contributed by atoms with E-state index in [4.69, 9.17) is 9.73 Å². The molecule has 0 radical (unpaired) electrons. The molecule has 0 aliphatic heterocycles. The van der Waals surface area contributed by atoms with Gasteiger partial charge in [-0.2, -0.15) is 0 Å². The topological polar surface area (TPSA) is 34.5 Å². The molecule has 3 aromatic rings. The highest BCUT2D eigenvalue weighted by Crippen LogP contribution is 2.28. The van der Waals surface area contributed by atoms with Gasteiger partial charge in [-0.25, -0.2) is 4.99 Å². The quantitative estimate of drug-likeness (QED) is 0.672. The smallest absolute Gasteiger partial charge is 0.144 e. The molecule has 0 saturated heterocycles. The fourth-order valence-electron chi connectivity index (χ4n) is 2.24. The average Bonchev–Trinajstić information content (AvgIpc) is 2.61. The predicted molar refractivity (Wildman–Crippen MR) is 89.0 cm³/mol. The summed E-state index contributed by atoms with van der Waals surface area (Å²) in [6.07, 6.45) is 3.58. The second-order valence-corrected chi connectivity index (χ2v) is 4.74. The van der Waals surface area contributed by atoms with E-state index in [0.29, 0.717) is 0 Å². The van der Waals surface area contributed by atoms with Crippen molar-refractivity contribution < 1.29 is 4.74 Å². The number of nitrogens with zero attached hydrogens (tertiary/aromatic N) is 2. The maximum absolute atomic E-state index is 5.40. The van der Waals surface area contributed by atoms with E-state index in [1.165, 1.54) is 0 Å². The van der Waals surface area contributed by atoms with Gasteiger partial charge in [-0.1, -0.05) is 42.5 Å². The van der Waals surface area contributed by atoms with Crippen LogP contribution in [0.1, 0.15) is 11.1 Å². The molecule has 1 heterocycles. The van der Waals surface area contributed by atoms with Gasteiger partial charge in [0.15, 0.2) is 0 Å². The van der Waals surface area contributed by atoms with E-state index in [-0.39, 0.29) is 0 Å². The Morgan fingerprint density at radius 2 is 1.59 bits per heavy atom. The summed E-state index contributed by atoms with van der Waals surface area (Å²) >= 11 is 0. The number of hydrogen-bond acceptors (Lipinski definition) is 3. The van der Waals surface area contributed by atoms with Crippen molar-refractivity contribution in [1.82, 2.24) is 4.98 Å². The number of ether oxygens (including phenoxy) is 1. The number of benzene rings is 2. The van der Waals surface area contributed by atoms with Gasteiger partial charge in [-0.3, -0.25) is 4.98 Å². The van der Waals surface area contributed by atoms with Crippen LogP contribution in [0.15, 0.2) is 84.1 Å². The molecule has 1 aromatic heterocycles. The van der Waals surface area contributed by atoms with E-state index >= 15 is 0 Å². The van der Waals surface area contributed by atoms with Crippen LogP contribution in [-0.2, 0) is 0 Å². The van der Waals surface area contributed by atoms with Gasteiger partial charge in [0.1, 0.15) is 11.4 Å². The molecule has 0 fully saturated rings. The molecule has 3 nitrogen and oxygen atoms in total. The lowest BCUT2D eigenvalue weighted by Crippen LogP contribution is -2.03. The van der Waals surface area contributed by atoms with E-state index in [1.54, 1.807) is 13.3 Å². The summed E-state index contributed by atoms with van der Waals surface area (Å²) in [5, 5.41) is 0. The lowest BCUT2D eigenvalue weighted by Gasteiger charge is -2.09. The van der Waals surface area contributed by atoms with E-state index in [9.17, 15) is 0 Å². The first-order chi connectivity index (χ1) is 10.9. The second kappa shape index (κ2) is 6.68. The molecular weight excluding hydrogens is 272 g/mol. The summed E-state index contributed by atoms with van der Waals surface area (Å²) in [7, 11) is 1.65. The van der Waals surface area contributed by atoms with Crippen LogP contribution in [0.4, 0.5) is 5.69 Å². The molecular formula is C19H16N2O. The van der Waals surface area contributed by atoms with E-state index < -0.39 is 0 Å². The van der Waals surface area contributed by atoms with Gasteiger partial charge in [-0.15, -0.1) is 0 Å². The number of aromatic nitrogens is 1. The molecule has 3 heteroatoms. The van der Waals surface area contributed by atoms with Crippen LogP contribution >= 0.6 is 0 Å². The molecule has 22 heavy (non-hydrogen) atoms. The molecule has 108 valence electrons. The molecule has 0 saturated carbocycles. The molecule has 3 rings (SSSR count).